The van der Waals surface area contributed by atoms with Crippen LogP contribution >= 0.6 is 0 Å². The molecule has 0 radical (unpaired) electrons. The summed E-state index contributed by atoms with van der Waals surface area (Å²) in [7, 11) is 0. The smallest absolute Gasteiger partial charge is 0.322 e. The van der Waals surface area contributed by atoms with E-state index in [2.05, 4.69) is 27.5 Å². The second-order valence-corrected chi connectivity index (χ2v) is 7.39. The van der Waals surface area contributed by atoms with Gasteiger partial charge in [-0.2, -0.15) is 0 Å². The minimum absolute atomic E-state index is 0.199. The predicted octanol–water partition coefficient (Wildman–Crippen LogP) is 4.54. The molecule has 2 heterocycles. The molecule has 32 heavy (non-hydrogen) atoms. The first-order valence-electron chi connectivity index (χ1n) is 10.6. The Morgan fingerprint density at radius 3 is 2.53 bits per heavy atom. The van der Waals surface area contributed by atoms with Crippen LogP contribution in [0.3, 0.4) is 0 Å². The average Bonchev–Trinajstić information content (AvgIpc) is 2.81. The Balaban J connectivity index is 1.65. The number of benzene rings is 1. The average molecular weight is 433 g/mol. The molecule has 0 saturated heterocycles. The van der Waals surface area contributed by atoms with Crippen molar-refractivity contribution < 1.29 is 9.59 Å². The predicted molar refractivity (Wildman–Crippen MR) is 126 cm³/mol. The summed E-state index contributed by atoms with van der Waals surface area (Å²) in [6.45, 7) is 3.13. The Kier molecular flexibility index (Phi) is 8.14. The van der Waals surface area contributed by atoms with Crippen molar-refractivity contribution in [3.63, 3.8) is 0 Å². The highest BCUT2D eigenvalue weighted by atomic mass is 16.2. The van der Waals surface area contributed by atoms with Crippen LogP contribution in [0.5, 0.6) is 0 Å². The van der Waals surface area contributed by atoms with Gasteiger partial charge in [0.15, 0.2) is 0 Å². The summed E-state index contributed by atoms with van der Waals surface area (Å²) in [6, 6.07) is 13.9. The van der Waals surface area contributed by atoms with E-state index in [0.717, 1.165) is 24.8 Å². The summed E-state index contributed by atoms with van der Waals surface area (Å²) in [6.07, 6.45) is 7.89. The minimum atomic E-state index is -0.344. The molecule has 0 fully saturated rings. The van der Waals surface area contributed by atoms with E-state index in [1.807, 2.05) is 0 Å². The molecule has 3 rings (SSSR count). The van der Waals surface area contributed by atoms with Crippen LogP contribution < -0.4 is 16.4 Å². The van der Waals surface area contributed by atoms with Crippen LogP contribution in [0.4, 0.5) is 21.9 Å². The van der Waals surface area contributed by atoms with Crippen LogP contribution in [-0.2, 0) is 6.54 Å². The number of nitrogens with one attached hydrogen (secondary N) is 2. The Morgan fingerprint density at radius 2 is 1.84 bits per heavy atom. The molecule has 0 bridgehead atoms. The van der Waals surface area contributed by atoms with Crippen LogP contribution in [-0.4, -0.2) is 33.4 Å². The van der Waals surface area contributed by atoms with Crippen molar-refractivity contribution in [2.75, 3.05) is 22.9 Å². The SMILES string of the molecule is CCCCCN(Cc1ccc(C(=O)Nc2ccccc2N)nc1)C(=O)Nc1cccnc1. The van der Waals surface area contributed by atoms with Gasteiger partial charge < -0.3 is 21.3 Å². The van der Waals surface area contributed by atoms with E-state index in [9.17, 15) is 9.59 Å². The third-order valence-corrected chi connectivity index (χ3v) is 4.87. The minimum Gasteiger partial charge on any atom is -0.397 e. The normalized spacial score (nSPS) is 10.4. The van der Waals surface area contributed by atoms with Crippen LogP contribution in [0.2, 0.25) is 0 Å². The zero-order valence-corrected chi connectivity index (χ0v) is 18.1. The van der Waals surface area contributed by atoms with Gasteiger partial charge >= 0.3 is 6.03 Å². The van der Waals surface area contributed by atoms with Gasteiger partial charge in [0.1, 0.15) is 5.69 Å². The van der Waals surface area contributed by atoms with Gasteiger partial charge in [-0.25, -0.2) is 4.79 Å². The summed E-state index contributed by atoms with van der Waals surface area (Å²) in [5, 5.41) is 5.64. The van der Waals surface area contributed by atoms with Gasteiger partial charge in [-0.3, -0.25) is 14.8 Å². The molecule has 0 spiro atoms. The molecule has 1 aromatic carbocycles. The summed E-state index contributed by atoms with van der Waals surface area (Å²) in [5.74, 6) is -0.344. The van der Waals surface area contributed by atoms with Gasteiger partial charge in [-0.1, -0.05) is 38.0 Å². The van der Waals surface area contributed by atoms with Crippen molar-refractivity contribution in [2.24, 2.45) is 0 Å². The zero-order chi connectivity index (χ0) is 22.8. The van der Waals surface area contributed by atoms with Crippen LogP contribution in [0.1, 0.15) is 42.2 Å². The molecule has 8 nitrogen and oxygen atoms in total. The maximum Gasteiger partial charge on any atom is 0.322 e. The fraction of sp³-hybridized carbons (Fsp3) is 0.250. The summed E-state index contributed by atoms with van der Waals surface area (Å²) in [4.78, 5) is 35.3. The lowest BCUT2D eigenvalue weighted by molar-refractivity contribution is 0.102. The number of amides is 3. The number of carbonyl (C=O) groups excluding carboxylic acids is 2. The number of pyridine rings is 2. The van der Waals surface area contributed by atoms with E-state index in [1.165, 1.54) is 0 Å². The standard InChI is InChI=1S/C24H28N6O2/c1-2-3-6-14-30(24(32)28-19-8-7-13-26-16-19)17-18-11-12-22(27-15-18)23(31)29-21-10-5-4-9-20(21)25/h4-5,7-13,15-16H,2-3,6,14,17,25H2,1H3,(H,28,32)(H,29,31). The number of hydrogen-bond donors (Lipinski definition) is 3. The lowest BCUT2D eigenvalue weighted by atomic mass is 10.2. The molecule has 0 aliphatic carbocycles. The van der Waals surface area contributed by atoms with Gasteiger partial charge in [-0.05, 0) is 42.3 Å². The highest BCUT2D eigenvalue weighted by molar-refractivity contribution is 6.04. The lowest BCUT2D eigenvalue weighted by Crippen LogP contribution is -2.35. The Hall–Kier alpha value is -3.94. The molecule has 0 atom stereocenters. The number of carbonyl (C=O) groups is 2. The van der Waals surface area contributed by atoms with E-state index in [1.54, 1.807) is 72.0 Å². The molecule has 4 N–H and O–H groups in total. The number of aromatic nitrogens is 2. The van der Waals surface area contributed by atoms with Crippen molar-refractivity contribution >= 4 is 29.0 Å². The molecule has 2 aromatic heterocycles. The maximum absolute atomic E-state index is 12.8. The van der Waals surface area contributed by atoms with Crippen molar-refractivity contribution in [1.29, 1.82) is 0 Å². The van der Waals surface area contributed by atoms with E-state index >= 15 is 0 Å². The third kappa shape index (κ3) is 6.53. The van der Waals surface area contributed by atoms with Gasteiger partial charge in [-0.15, -0.1) is 0 Å². The maximum atomic E-state index is 12.8. The Morgan fingerprint density at radius 1 is 1.00 bits per heavy atom. The molecule has 0 aliphatic rings. The molecular weight excluding hydrogens is 404 g/mol. The second-order valence-electron chi connectivity index (χ2n) is 7.39. The second kappa shape index (κ2) is 11.5. The van der Waals surface area contributed by atoms with Gasteiger partial charge in [0.2, 0.25) is 0 Å². The lowest BCUT2D eigenvalue weighted by Gasteiger charge is -2.23. The van der Waals surface area contributed by atoms with E-state index in [4.69, 9.17) is 5.73 Å². The van der Waals surface area contributed by atoms with Crippen LogP contribution in [0, 0.1) is 0 Å². The summed E-state index contributed by atoms with van der Waals surface area (Å²) >= 11 is 0. The first-order valence-corrected chi connectivity index (χ1v) is 10.6. The number of nitrogens with zero attached hydrogens (tertiary/aromatic N) is 3. The molecule has 166 valence electrons. The van der Waals surface area contributed by atoms with Crippen LogP contribution in [0.25, 0.3) is 0 Å². The van der Waals surface area contributed by atoms with Crippen molar-refractivity contribution in [3.8, 4) is 0 Å². The molecule has 3 aromatic rings. The summed E-state index contributed by atoms with van der Waals surface area (Å²) < 4.78 is 0. The number of urea groups is 1. The number of hydrogen-bond acceptors (Lipinski definition) is 5. The van der Waals surface area contributed by atoms with Crippen LogP contribution in [0.15, 0.2) is 67.1 Å². The number of nitrogens with two attached hydrogens (primary N) is 1. The molecular formula is C24H28N6O2. The molecule has 8 heteroatoms. The third-order valence-electron chi connectivity index (χ3n) is 4.87. The number of para-hydroxylation sites is 2. The zero-order valence-electron chi connectivity index (χ0n) is 18.1. The molecule has 0 saturated carbocycles. The van der Waals surface area contributed by atoms with E-state index in [-0.39, 0.29) is 17.6 Å². The van der Waals surface area contributed by atoms with Gasteiger partial charge in [0.05, 0.1) is 23.3 Å². The van der Waals surface area contributed by atoms with Crippen molar-refractivity contribution in [1.82, 2.24) is 14.9 Å². The Labute approximate surface area is 187 Å². The highest BCUT2D eigenvalue weighted by Crippen LogP contribution is 2.18. The number of unbranched alkanes of at least 4 members (excludes halogenated alkanes) is 2. The van der Waals surface area contributed by atoms with Crippen molar-refractivity contribution in [2.45, 2.75) is 32.7 Å². The topological polar surface area (TPSA) is 113 Å². The monoisotopic (exact) mass is 432 g/mol. The number of rotatable bonds is 9. The van der Waals surface area contributed by atoms with Gasteiger partial charge in [0.25, 0.3) is 5.91 Å². The quantitative estimate of drug-likeness (QED) is 0.339. The van der Waals surface area contributed by atoms with E-state index < -0.39 is 0 Å². The first-order chi connectivity index (χ1) is 15.6. The largest absolute Gasteiger partial charge is 0.397 e. The molecule has 0 aliphatic heterocycles. The highest BCUT2D eigenvalue weighted by Gasteiger charge is 2.15. The molecule has 0 unspecified atom stereocenters. The fourth-order valence-corrected chi connectivity index (χ4v) is 3.11. The molecule has 3 amide bonds. The number of nitrogen functional groups attached to an aromatic ring is 1. The van der Waals surface area contributed by atoms with E-state index in [0.29, 0.717) is 30.2 Å². The van der Waals surface area contributed by atoms with Crippen molar-refractivity contribution in [3.05, 3.63) is 78.4 Å². The number of anilines is 3. The summed E-state index contributed by atoms with van der Waals surface area (Å²) in [5.41, 5.74) is 8.65. The van der Waals surface area contributed by atoms with Gasteiger partial charge in [0, 0.05) is 25.5 Å². The first kappa shape index (κ1) is 22.7. The fourth-order valence-electron chi connectivity index (χ4n) is 3.11. The Bertz CT molecular complexity index is 1020.